The Kier molecular flexibility index (Phi) is 2.69. The third kappa shape index (κ3) is 2.27. The van der Waals surface area contributed by atoms with Crippen LogP contribution in [0.15, 0.2) is 18.2 Å². The van der Waals surface area contributed by atoms with E-state index in [9.17, 15) is 4.39 Å². The van der Waals surface area contributed by atoms with E-state index in [0.717, 1.165) is 0 Å². The Balaban J connectivity index is 3.11. The van der Waals surface area contributed by atoms with Crippen LogP contribution in [0.25, 0.3) is 0 Å². The molecule has 1 nitrogen and oxygen atoms in total. The number of rotatable bonds is 0. The maximum Gasteiger partial charge on any atom is 0.152 e. The Hall–Kier alpha value is -1.51. The summed E-state index contributed by atoms with van der Waals surface area (Å²) < 4.78 is 12.6. The second kappa shape index (κ2) is 3.76. The second-order valence-corrected chi connectivity index (χ2v) is 2.46. The van der Waals surface area contributed by atoms with Gasteiger partial charge in [-0.25, -0.2) is 4.39 Å². The molecular weight excluding hydrogens is 177 g/mol. The zero-order valence-electron chi connectivity index (χ0n) is 5.94. The van der Waals surface area contributed by atoms with E-state index < -0.39 is 5.82 Å². The molecule has 0 aliphatic heterocycles. The van der Waals surface area contributed by atoms with E-state index in [1.165, 1.54) is 18.2 Å². The average Bonchev–Trinajstić information content (AvgIpc) is 1.99. The van der Waals surface area contributed by atoms with Crippen molar-refractivity contribution in [2.45, 2.75) is 0 Å². The van der Waals surface area contributed by atoms with Crippen molar-refractivity contribution in [2.24, 2.45) is 0 Å². The third-order valence-electron chi connectivity index (χ3n) is 1.13. The van der Waals surface area contributed by atoms with Crippen LogP contribution in [-0.4, -0.2) is 0 Å². The van der Waals surface area contributed by atoms with E-state index >= 15 is 0 Å². The van der Waals surface area contributed by atoms with Crippen LogP contribution in [0.1, 0.15) is 5.56 Å². The van der Waals surface area contributed by atoms with Crippen LogP contribution in [0.2, 0.25) is 5.02 Å². The molecule has 0 unspecified atom stereocenters. The van der Waals surface area contributed by atoms with Gasteiger partial charge >= 0.3 is 0 Å². The van der Waals surface area contributed by atoms with Gasteiger partial charge in [-0.1, -0.05) is 17.5 Å². The normalized spacial score (nSPS) is 8.08. The lowest BCUT2D eigenvalue weighted by Crippen LogP contribution is -1.78. The van der Waals surface area contributed by atoms with Gasteiger partial charge in [-0.3, -0.25) is 0 Å². The summed E-state index contributed by atoms with van der Waals surface area (Å²) in [4.78, 5) is 0. The molecule has 12 heavy (non-hydrogen) atoms. The molecule has 1 aromatic carbocycles. The Morgan fingerprint density at radius 3 is 2.67 bits per heavy atom. The highest BCUT2D eigenvalue weighted by Gasteiger charge is 1.95. The second-order valence-electron chi connectivity index (χ2n) is 2.02. The van der Waals surface area contributed by atoms with Gasteiger partial charge in [0.25, 0.3) is 0 Å². The average molecular weight is 180 g/mol. The lowest BCUT2D eigenvalue weighted by atomic mass is 10.2. The quantitative estimate of drug-likeness (QED) is 0.561. The van der Waals surface area contributed by atoms with Crippen molar-refractivity contribution in [1.29, 1.82) is 5.26 Å². The topological polar surface area (TPSA) is 23.8 Å². The van der Waals surface area contributed by atoms with Crippen LogP contribution >= 0.6 is 11.6 Å². The molecule has 0 atom stereocenters. The number of nitrogens with zero attached hydrogens (tertiary/aromatic N) is 1. The van der Waals surface area contributed by atoms with Crippen molar-refractivity contribution >= 4 is 11.6 Å². The number of hydrogen-bond donors (Lipinski definition) is 0. The molecule has 0 amide bonds. The molecule has 0 heterocycles. The molecule has 0 fully saturated rings. The number of nitriles is 1. The highest BCUT2D eigenvalue weighted by molar-refractivity contribution is 6.30. The van der Waals surface area contributed by atoms with Crippen molar-refractivity contribution in [2.75, 3.05) is 0 Å². The molecule has 0 saturated heterocycles. The fourth-order valence-electron chi connectivity index (χ4n) is 0.726. The molecular formula is C9H3ClFN. The van der Waals surface area contributed by atoms with Crippen molar-refractivity contribution in [3.8, 4) is 17.9 Å². The van der Waals surface area contributed by atoms with Gasteiger partial charge in [0.15, 0.2) is 6.07 Å². The van der Waals surface area contributed by atoms with Crippen LogP contribution in [0, 0.1) is 29.0 Å². The maximum absolute atomic E-state index is 12.6. The Bertz CT molecular complexity index is 375. The number of halogens is 2. The summed E-state index contributed by atoms with van der Waals surface area (Å²) in [5, 5.41) is 8.39. The molecule has 58 valence electrons. The van der Waals surface area contributed by atoms with Crippen molar-refractivity contribution < 1.29 is 4.39 Å². The zero-order chi connectivity index (χ0) is 8.97. The highest BCUT2D eigenvalue weighted by atomic mass is 35.5. The van der Waals surface area contributed by atoms with Gasteiger partial charge in [0.05, 0.1) is 0 Å². The molecule has 0 aliphatic carbocycles. The zero-order valence-corrected chi connectivity index (χ0v) is 6.69. The molecule has 0 aliphatic rings. The van der Waals surface area contributed by atoms with Crippen LogP contribution in [-0.2, 0) is 0 Å². The van der Waals surface area contributed by atoms with Crippen molar-refractivity contribution in [3.63, 3.8) is 0 Å². The van der Waals surface area contributed by atoms with Gasteiger partial charge < -0.3 is 0 Å². The monoisotopic (exact) mass is 179 g/mol. The fraction of sp³-hybridized carbons (Fsp3) is 0. The fourth-order valence-corrected chi connectivity index (χ4v) is 0.948. The standard InChI is InChI=1S/C9H3ClFN/c10-8-4-7(2-1-3-12)5-9(11)6-8/h4-6H. The lowest BCUT2D eigenvalue weighted by molar-refractivity contribution is 0.627. The Morgan fingerprint density at radius 1 is 1.33 bits per heavy atom. The van der Waals surface area contributed by atoms with Crippen molar-refractivity contribution in [3.05, 3.63) is 34.6 Å². The first-order valence-corrected chi connectivity index (χ1v) is 3.46. The minimum absolute atomic E-state index is 0.275. The summed E-state index contributed by atoms with van der Waals surface area (Å²) in [6.45, 7) is 0. The van der Waals surface area contributed by atoms with Crippen LogP contribution in [0.3, 0.4) is 0 Å². The third-order valence-corrected chi connectivity index (χ3v) is 1.34. The number of benzene rings is 1. The van der Waals surface area contributed by atoms with E-state index in [1.807, 2.05) is 0 Å². The summed E-state index contributed by atoms with van der Waals surface area (Å²) in [6.07, 6.45) is 0. The van der Waals surface area contributed by atoms with Crippen LogP contribution in [0.5, 0.6) is 0 Å². The van der Waals surface area contributed by atoms with Crippen LogP contribution in [0.4, 0.5) is 4.39 Å². The first-order valence-electron chi connectivity index (χ1n) is 3.08. The minimum Gasteiger partial charge on any atom is -0.207 e. The summed E-state index contributed by atoms with van der Waals surface area (Å²) in [5.74, 6) is 4.14. The van der Waals surface area contributed by atoms with Gasteiger partial charge in [0.1, 0.15) is 5.82 Å². The minimum atomic E-state index is -0.454. The van der Waals surface area contributed by atoms with Gasteiger partial charge in [0.2, 0.25) is 0 Å². The number of hydrogen-bond acceptors (Lipinski definition) is 1. The molecule has 0 saturated carbocycles. The first-order chi connectivity index (χ1) is 5.72. The summed E-state index contributed by atoms with van der Waals surface area (Å²) >= 11 is 5.54. The molecule has 0 aromatic heterocycles. The smallest absolute Gasteiger partial charge is 0.152 e. The van der Waals surface area contributed by atoms with Gasteiger partial charge in [-0.05, 0) is 18.2 Å². The van der Waals surface area contributed by atoms with Gasteiger partial charge in [-0.2, -0.15) is 5.26 Å². The molecule has 0 N–H and O–H groups in total. The first kappa shape index (κ1) is 8.59. The van der Waals surface area contributed by atoms with E-state index in [0.29, 0.717) is 5.56 Å². The summed E-state index contributed by atoms with van der Waals surface area (Å²) in [6, 6.07) is 5.52. The van der Waals surface area contributed by atoms with E-state index in [2.05, 4.69) is 11.8 Å². The summed E-state index contributed by atoms with van der Waals surface area (Å²) in [7, 11) is 0. The predicted octanol–water partition coefficient (Wildman–Crippen LogP) is 2.35. The molecule has 1 rings (SSSR count). The molecule has 3 heteroatoms. The van der Waals surface area contributed by atoms with E-state index in [1.54, 1.807) is 6.07 Å². The molecule has 0 bridgehead atoms. The molecule has 0 radical (unpaired) electrons. The summed E-state index contributed by atoms with van der Waals surface area (Å²) in [5.41, 5.74) is 0.404. The molecule has 0 spiro atoms. The van der Waals surface area contributed by atoms with Crippen LogP contribution < -0.4 is 0 Å². The molecule has 1 aromatic rings. The lowest BCUT2D eigenvalue weighted by Gasteiger charge is -1.92. The SMILES string of the molecule is N#CC#Cc1cc(F)cc(Cl)c1. The highest BCUT2D eigenvalue weighted by Crippen LogP contribution is 2.12. The largest absolute Gasteiger partial charge is 0.207 e. The maximum atomic E-state index is 12.6. The van der Waals surface area contributed by atoms with E-state index in [4.69, 9.17) is 16.9 Å². The van der Waals surface area contributed by atoms with Gasteiger partial charge in [-0.15, -0.1) is 0 Å². The Morgan fingerprint density at radius 2 is 2.08 bits per heavy atom. The van der Waals surface area contributed by atoms with Crippen molar-refractivity contribution in [1.82, 2.24) is 0 Å². The van der Waals surface area contributed by atoms with Gasteiger partial charge in [0, 0.05) is 16.5 Å². The van der Waals surface area contributed by atoms with E-state index in [-0.39, 0.29) is 5.02 Å². The Labute approximate surface area is 74.4 Å². The predicted molar refractivity (Wildman–Crippen MR) is 43.9 cm³/mol.